The minimum atomic E-state index is -2.39. The van der Waals surface area contributed by atoms with Gasteiger partial charge in [0.15, 0.2) is 5.13 Å². The second-order valence-electron chi connectivity index (χ2n) is 2.62. The summed E-state index contributed by atoms with van der Waals surface area (Å²) in [5.74, 6) is 0.249. The fourth-order valence-corrected chi connectivity index (χ4v) is 2.30. The Morgan fingerprint density at radius 2 is 2.21 bits per heavy atom. The molecule has 0 fully saturated rings. The van der Waals surface area contributed by atoms with Crippen molar-refractivity contribution in [3.63, 3.8) is 0 Å². The summed E-state index contributed by atoms with van der Waals surface area (Å²) in [6.07, 6.45) is -2.39. The molecule has 0 amide bonds. The second kappa shape index (κ2) is 5.09. The van der Waals surface area contributed by atoms with Crippen LogP contribution in [0.25, 0.3) is 0 Å². The van der Waals surface area contributed by atoms with Gasteiger partial charge >= 0.3 is 0 Å². The van der Waals surface area contributed by atoms with E-state index in [4.69, 9.17) is 23.2 Å². The van der Waals surface area contributed by atoms with Crippen LogP contribution in [0.4, 0.5) is 13.9 Å². The zero-order valence-corrected chi connectivity index (χ0v) is 9.63. The lowest BCUT2D eigenvalue weighted by molar-refractivity contribution is 0.156. The quantitative estimate of drug-likeness (QED) is 0.773. The molecule has 0 atom stereocenters. The van der Waals surface area contributed by atoms with E-state index in [-0.39, 0.29) is 12.4 Å². The number of anilines is 1. The summed E-state index contributed by atoms with van der Waals surface area (Å²) in [5, 5.41) is 0.757. The highest BCUT2D eigenvalue weighted by Crippen LogP contribution is 2.30. The van der Waals surface area contributed by atoms with Gasteiger partial charge in [-0.1, -0.05) is 22.9 Å². The Morgan fingerprint density at radius 3 is 2.64 bits per heavy atom. The number of hydrogen-bond donors (Lipinski definition) is 0. The number of halogens is 4. The van der Waals surface area contributed by atoms with Crippen LogP contribution in [0, 0.1) is 0 Å². The molecule has 7 heteroatoms. The van der Waals surface area contributed by atoms with E-state index in [1.807, 2.05) is 0 Å². The first kappa shape index (κ1) is 11.9. The molecule has 14 heavy (non-hydrogen) atoms. The lowest BCUT2D eigenvalue weighted by atomic mass is 10.6. The van der Waals surface area contributed by atoms with Crippen molar-refractivity contribution in [2.75, 3.05) is 18.5 Å². The van der Waals surface area contributed by atoms with Gasteiger partial charge in [-0.3, -0.25) is 0 Å². The van der Waals surface area contributed by atoms with E-state index in [1.165, 1.54) is 16.2 Å². The fraction of sp³-hybridized carbons (Fsp3) is 0.571. The van der Waals surface area contributed by atoms with Crippen molar-refractivity contribution in [1.82, 2.24) is 4.98 Å². The van der Waals surface area contributed by atoms with Crippen molar-refractivity contribution in [3.8, 4) is 0 Å². The summed E-state index contributed by atoms with van der Waals surface area (Å²) in [6.45, 7) is -0.356. The van der Waals surface area contributed by atoms with Crippen LogP contribution in [0.1, 0.15) is 4.88 Å². The molecule has 0 bridgehead atoms. The third-order valence-electron chi connectivity index (χ3n) is 1.50. The normalized spacial score (nSPS) is 11.0. The Morgan fingerprint density at radius 1 is 1.57 bits per heavy atom. The van der Waals surface area contributed by atoms with Gasteiger partial charge in [0, 0.05) is 7.05 Å². The number of aromatic nitrogens is 1. The molecule has 2 nitrogen and oxygen atoms in total. The van der Waals surface area contributed by atoms with E-state index in [2.05, 4.69) is 4.98 Å². The Balaban J connectivity index is 2.75. The lowest BCUT2D eigenvalue weighted by Gasteiger charge is -2.13. The van der Waals surface area contributed by atoms with Gasteiger partial charge in [0.05, 0.1) is 17.3 Å². The van der Waals surface area contributed by atoms with Crippen LogP contribution in [-0.4, -0.2) is 25.0 Å². The Kier molecular flexibility index (Phi) is 4.34. The summed E-state index contributed by atoms with van der Waals surface area (Å²) >= 11 is 12.5. The molecule has 1 heterocycles. The molecule has 1 aromatic heterocycles. The van der Waals surface area contributed by atoms with E-state index >= 15 is 0 Å². The lowest BCUT2D eigenvalue weighted by Crippen LogP contribution is -2.23. The average Bonchev–Trinajstić information content (AvgIpc) is 2.45. The molecule has 0 unspecified atom stereocenters. The maximum absolute atomic E-state index is 12.0. The Bertz CT molecular complexity index is 306. The first-order valence-corrected chi connectivity index (χ1v) is 5.48. The zero-order valence-electron chi connectivity index (χ0n) is 7.31. The maximum atomic E-state index is 12.0. The Labute approximate surface area is 94.4 Å². The van der Waals surface area contributed by atoms with Crippen molar-refractivity contribution < 1.29 is 8.78 Å². The molecule has 1 aromatic rings. The van der Waals surface area contributed by atoms with Crippen LogP contribution in [0.15, 0.2) is 0 Å². The molecule has 0 aliphatic carbocycles. The number of rotatable bonds is 4. The molecule has 1 rings (SSSR count). The smallest absolute Gasteiger partial charge is 0.255 e. The summed E-state index contributed by atoms with van der Waals surface area (Å²) in [6, 6.07) is 0. The number of thiazole rings is 1. The van der Waals surface area contributed by atoms with Gasteiger partial charge in [-0.2, -0.15) is 0 Å². The van der Waals surface area contributed by atoms with Crippen molar-refractivity contribution in [1.29, 1.82) is 0 Å². The molecular formula is C7H8Cl2F2N2S. The molecule has 0 aliphatic heterocycles. The molecule has 0 aromatic carbocycles. The van der Waals surface area contributed by atoms with Crippen LogP contribution < -0.4 is 4.90 Å². The van der Waals surface area contributed by atoms with Gasteiger partial charge in [-0.05, 0) is 0 Å². The highest BCUT2D eigenvalue weighted by Gasteiger charge is 2.14. The van der Waals surface area contributed by atoms with E-state index in [0.29, 0.717) is 15.2 Å². The Hall–Kier alpha value is -0.130. The van der Waals surface area contributed by atoms with Crippen molar-refractivity contribution in [2.45, 2.75) is 12.3 Å². The first-order valence-electron chi connectivity index (χ1n) is 3.75. The maximum Gasteiger partial charge on any atom is 0.255 e. The van der Waals surface area contributed by atoms with Crippen LogP contribution in [0.5, 0.6) is 0 Å². The largest absolute Gasteiger partial charge is 0.345 e. The van der Waals surface area contributed by atoms with E-state index in [1.54, 1.807) is 7.05 Å². The predicted molar refractivity (Wildman–Crippen MR) is 56.0 cm³/mol. The SMILES string of the molecule is CN(CC(F)F)c1nc(Cl)c(CCl)s1. The summed E-state index contributed by atoms with van der Waals surface area (Å²) in [4.78, 5) is 5.98. The highest BCUT2D eigenvalue weighted by molar-refractivity contribution is 7.16. The van der Waals surface area contributed by atoms with Crippen molar-refractivity contribution in [2.24, 2.45) is 0 Å². The number of alkyl halides is 3. The molecule has 0 saturated heterocycles. The second-order valence-corrected chi connectivity index (χ2v) is 4.30. The monoisotopic (exact) mass is 260 g/mol. The zero-order chi connectivity index (χ0) is 10.7. The summed E-state index contributed by atoms with van der Waals surface area (Å²) in [5.41, 5.74) is 0. The average molecular weight is 261 g/mol. The van der Waals surface area contributed by atoms with E-state index in [0.717, 1.165) is 0 Å². The van der Waals surface area contributed by atoms with E-state index < -0.39 is 6.43 Å². The van der Waals surface area contributed by atoms with Gasteiger partial charge in [-0.15, -0.1) is 11.6 Å². The van der Waals surface area contributed by atoms with Gasteiger partial charge in [-0.25, -0.2) is 13.8 Å². The van der Waals surface area contributed by atoms with Crippen molar-refractivity contribution in [3.05, 3.63) is 10.0 Å². The highest BCUT2D eigenvalue weighted by atomic mass is 35.5. The fourth-order valence-electron chi connectivity index (χ4n) is 0.852. The van der Waals surface area contributed by atoms with Crippen LogP contribution in [0.3, 0.4) is 0 Å². The number of hydrogen-bond acceptors (Lipinski definition) is 3. The number of nitrogens with zero attached hydrogens (tertiary/aromatic N) is 2. The summed E-state index contributed by atoms with van der Waals surface area (Å²) < 4.78 is 24.1. The van der Waals surface area contributed by atoms with Crippen LogP contribution in [0.2, 0.25) is 5.15 Å². The topological polar surface area (TPSA) is 16.1 Å². The predicted octanol–water partition coefficient (Wildman–Crippen LogP) is 3.24. The molecular weight excluding hydrogens is 253 g/mol. The standard InChI is InChI=1S/C7H8Cl2F2N2S/c1-13(3-5(10)11)7-12-6(9)4(2-8)14-7/h5H,2-3H2,1H3. The van der Waals surface area contributed by atoms with Crippen LogP contribution >= 0.6 is 34.5 Å². The molecule has 0 radical (unpaired) electrons. The minimum absolute atomic E-state index is 0.249. The molecule has 0 N–H and O–H groups in total. The van der Waals surface area contributed by atoms with Gasteiger partial charge in [0.1, 0.15) is 5.15 Å². The molecule has 0 aliphatic rings. The molecule has 0 spiro atoms. The van der Waals surface area contributed by atoms with Gasteiger partial charge < -0.3 is 4.90 Å². The molecule has 0 saturated carbocycles. The van der Waals surface area contributed by atoms with Crippen molar-refractivity contribution >= 4 is 39.7 Å². The molecule has 80 valence electrons. The third-order valence-corrected chi connectivity index (χ3v) is 3.52. The first-order chi connectivity index (χ1) is 6.54. The van der Waals surface area contributed by atoms with Crippen LogP contribution in [-0.2, 0) is 5.88 Å². The van der Waals surface area contributed by atoms with E-state index in [9.17, 15) is 8.78 Å². The third kappa shape index (κ3) is 2.93. The summed E-state index contributed by atoms with van der Waals surface area (Å²) in [7, 11) is 1.54. The minimum Gasteiger partial charge on any atom is -0.345 e. The van der Waals surface area contributed by atoms with Gasteiger partial charge in [0.2, 0.25) is 0 Å². The van der Waals surface area contributed by atoms with Gasteiger partial charge in [0.25, 0.3) is 6.43 Å².